The van der Waals surface area contributed by atoms with E-state index in [1.54, 1.807) is 13.4 Å². The van der Waals surface area contributed by atoms with Crippen molar-refractivity contribution in [2.24, 2.45) is 0 Å². The molecule has 0 atom stereocenters. The Morgan fingerprint density at radius 3 is 2.48 bits per heavy atom. The summed E-state index contributed by atoms with van der Waals surface area (Å²) in [5.74, 6) is 6.55. The van der Waals surface area contributed by atoms with Crippen LogP contribution in [-0.4, -0.2) is 7.11 Å². The van der Waals surface area contributed by atoms with E-state index in [0.29, 0.717) is 0 Å². The molecule has 0 saturated carbocycles. The van der Waals surface area contributed by atoms with Crippen molar-refractivity contribution in [3.63, 3.8) is 0 Å². The van der Waals surface area contributed by atoms with Gasteiger partial charge >= 0.3 is 0 Å². The molecule has 0 aliphatic carbocycles. The van der Waals surface area contributed by atoms with Crippen molar-refractivity contribution in [3.8, 4) is 11.8 Å². The van der Waals surface area contributed by atoms with Gasteiger partial charge in [0.1, 0.15) is 0 Å². The molecule has 1 nitrogen and oxygen atoms in total. The number of hydrogen-bond donors (Lipinski definition) is 0. The first-order valence-corrected chi connectivity index (χ1v) is 7.10. The standard InChI is InChI=1S/C20H20O/c1-17-9-3-4-10-18(17)13-7-14-19-11-5-6-12-20(19)15-8-16-21-2/h3-6,8-12,16H,14-15H2,1-2H3/b16-8+. The van der Waals surface area contributed by atoms with Crippen LogP contribution in [0.25, 0.3) is 0 Å². The van der Waals surface area contributed by atoms with Crippen LogP contribution in [0.2, 0.25) is 0 Å². The van der Waals surface area contributed by atoms with E-state index in [2.05, 4.69) is 55.2 Å². The average Bonchev–Trinajstić information content (AvgIpc) is 2.51. The topological polar surface area (TPSA) is 9.23 Å². The van der Waals surface area contributed by atoms with Gasteiger partial charge in [-0.25, -0.2) is 0 Å². The van der Waals surface area contributed by atoms with Gasteiger partial charge in [-0.3, -0.25) is 0 Å². The maximum Gasteiger partial charge on any atom is 0.0788 e. The maximum atomic E-state index is 4.95. The van der Waals surface area contributed by atoms with Crippen molar-refractivity contribution in [2.45, 2.75) is 19.8 Å². The fourth-order valence-corrected chi connectivity index (χ4v) is 2.15. The Kier molecular flexibility index (Phi) is 5.67. The molecule has 0 aliphatic heterocycles. The van der Waals surface area contributed by atoms with E-state index >= 15 is 0 Å². The summed E-state index contributed by atoms with van der Waals surface area (Å²) >= 11 is 0. The zero-order chi connectivity index (χ0) is 14.9. The Morgan fingerprint density at radius 1 is 1.00 bits per heavy atom. The van der Waals surface area contributed by atoms with Crippen LogP contribution in [0.1, 0.15) is 22.3 Å². The number of benzene rings is 2. The normalized spacial score (nSPS) is 10.2. The smallest absolute Gasteiger partial charge is 0.0788 e. The Labute approximate surface area is 127 Å². The third-order valence-corrected chi connectivity index (χ3v) is 3.34. The predicted molar refractivity (Wildman–Crippen MR) is 88.1 cm³/mol. The summed E-state index contributed by atoms with van der Waals surface area (Å²) in [5, 5.41) is 0. The van der Waals surface area contributed by atoms with Crippen molar-refractivity contribution >= 4 is 0 Å². The Morgan fingerprint density at radius 2 is 1.71 bits per heavy atom. The minimum atomic E-state index is 0.769. The second kappa shape index (κ2) is 7.97. The fraction of sp³-hybridized carbons (Fsp3) is 0.200. The van der Waals surface area contributed by atoms with Gasteiger partial charge in [-0.2, -0.15) is 0 Å². The SMILES string of the molecule is CO/C=C/Cc1ccccc1CC#Cc1ccccc1C. The summed E-state index contributed by atoms with van der Waals surface area (Å²) in [6.07, 6.45) is 5.38. The largest absolute Gasteiger partial charge is 0.505 e. The molecule has 0 unspecified atom stereocenters. The van der Waals surface area contributed by atoms with E-state index in [1.165, 1.54) is 16.7 Å². The number of hydrogen-bond acceptors (Lipinski definition) is 1. The number of methoxy groups -OCH3 is 1. The molecule has 0 fully saturated rings. The van der Waals surface area contributed by atoms with Gasteiger partial charge in [0.05, 0.1) is 13.4 Å². The number of ether oxygens (including phenoxy) is 1. The van der Waals surface area contributed by atoms with E-state index in [-0.39, 0.29) is 0 Å². The molecule has 2 aromatic carbocycles. The summed E-state index contributed by atoms with van der Waals surface area (Å²) in [6.45, 7) is 2.09. The molecule has 106 valence electrons. The lowest BCUT2D eigenvalue weighted by atomic mass is 10.0. The summed E-state index contributed by atoms with van der Waals surface area (Å²) in [4.78, 5) is 0. The quantitative estimate of drug-likeness (QED) is 0.598. The van der Waals surface area contributed by atoms with Gasteiger partial charge in [0.2, 0.25) is 0 Å². The van der Waals surface area contributed by atoms with Crippen LogP contribution in [-0.2, 0) is 17.6 Å². The van der Waals surface area contributed by atoms with Crippen LogP contribution in [0, 0.1) is 18.8 Å². The molecule has 0 bridgehead atoms. The molecule has 0 amide bonds. The van der Waals surface area contributed by atoms with Crippen LogP contribution in [0.15, 0.2) is 60.9 Å². The van der Waals surface area contributed by atoms with Gasteiger partial charge in [0.25, 0.3) is 0 Å². The molecule has 0 heterocycles. The molecule has 0 aliphatic rings. The zero-order valence-electron chi connectivity index (χ0n) is 12.6. The maximum absolute atomic E-state index is 4.95. The Bertz CT molecular complexity index is 671. The first kappa shape index (κ1) is 14.9. The van der Waals surface area contributed by atoms with Crippen LogP contribution in [0.4, 0.5) is 0 Å². The van der Waals surface area contributed by atoms with Crippen molar-refractivity contribution in [1.82, 2.24) is 0 Å². The molecular formula is C20H20O. The van der Waals surface area contributed by atoms with Gasteiger partial charge < -0.3 is 4.74 Å². The first-order valence-electron chi connectivity index (χ1n) is 7.10. The van der Waals surface area contributed by atoms with E-state index in [1.807, 2.05) is 18.2 Å². The third kappa shape index (κ3) is 4.54. The minimum absolute atomic E-state index is 0.769. The highest BCUT2D eigenvalue weighted by molar-refractivity contribution is 5.42. The lowest BCUT2D eigenvalue weighted by Crippen LogP contribution is -1.91. The molecule has 2 aromatic rings. The van der Waals surface area contributed by atoms with Crippen molar-refractivity contribution in [2.75, 3.05) is 7.11 Å². The monoisotopic (exact) mass is 276 g/mol. The van der Waals surface area contributed by atoms with Crippen LogP contribution < -0.4 is 0 Å². The van der Waals surface area contributed by atoms with E-state index in [4.69, 9.17) is 4.74 Å². The molecule has 21 heavy (non-hydrogen) atoms. The van der Waals surface area contributed by atoms with Crippen molar-refractivity contribution in [3.05, 3.63) is 83.1 Å². The van der Waals surface area contributed by atoms with Gasteiger partial charge in [-0.1, -0.05) is 54.3 Å². The molecule has 1 heteroatoms. The van der Waals surface area contributed by atoms with Crippen LogP contribution >= 0.6 is 0 Å². The van der Waals surface area contributed by atoms with Gasteiger partial charge in [-0.15, -0.1) is 0 Å². The Hall–Kier alpha value is -2.46. The number of allylic oxidation sites excluding steroid dienone is 1. The molecule has 0 N–H and O–H groups in total. The molecular weight excluding hydrogens is 256 g/mol. The number of rotatable bonds is 4. The molecule has 0 radical (unpaired) electrons. The van der Waals surface area contributed by atoms with Gasteiger partial charge in [0, 0.05) is 12.0 Å². The lowest BCUT2D eigenvalue weighted by Gasteiger charge is -2.03. The van der Waals surface area contributed by atoms with E-state index in [0.717, 1.165) is 18.4 Å². The second-order valence-corrected chi connectivity index (χ2v) is 4.87. The van der Waals surface area contributed by atoms with E-state index in [9.17, 15) is 0 Å². The Balaban J connectivity index is 2.10. The zero-order valence-corrected chi connectivity index (χ0v) is 12.6. The van der Waals surface area contributed by atoms with Gasteiger partial charge in [0.15, 0.2) is 0 Å². The molecule has 0 aromatic heterocycles. The predicted octanol–water partition coefficient (Wildman–Crippen LogP) is 4.29. The highest BCUT2D eigenvalue weighted by Gasteiger charge is 1.98. The second-order valence-electron chi connectivity index (χ2n) is 4.87. The highest BCUT2D eigenvalue weighted by Crippen LogP contribution is 2.11. The number of aryl methyl sites for hydroxylation is 1. The summed E-state index contributed by atoms with van der Waals surface area (Å²) in [7, 11) is 1.66. The molecule has 0 saturated heterocycles. The van der Waals surface area contributed by atoms with Crippen molar-refractivity contribution < 1.29 is 4.74 Å². The van der Waals surface area contributed by atoms with Crippen LogP contribution in [0.3, 0.4) is 0 Å². The molecule has 0 spiro atoms. The fourth-order valence-electron chi connectivity index (χ4n) is 2.15. The van der Waals surface area contributed by atoms with E-state index < -0.39 is 0 Å². The van der Waals surface area contributed by atoms with Gasteiger partial charge in [-0.05, 0) is 42.2 Å². The molecule has 2 rings (SSSR count). The highest BCUT2D eigenvalue weighted by atomic mass is 16.5. The summed E-state index contributed by atoms with van der Waals surface area (Å²) in [5.41, 5.74) is 4.90. The summed E-state index contributed by atoms with van der Waals surface area (Å²) < 4.78 is 4.95. The summed E-state index contributed by atoms with van der Waals surface area (Å²) in [6, 6.07) is 16.6. The third-order valence-electron chi connectivity index (χ3n) is 3.34. The average molecular weight is 276 g/mol. The van der Waals surface area contributed by atoms with Crippen LogP contribution in [0.5, 0.6) is 0 Å². The lowest BCUT2D eigenvalue weighted by molar-refractivity contribution is 0.337. The minimum Gasteiger partial charge on any atom is -0.505 e. The first-order chi connectivity index (χ1) is 10.3. The van der Waals surface area contributed by atoms with Crippen molar-refractivity contribution in [1.29, 1.82) is 0 Å².